The van der Waals surface area contributed by atoms with Crippen molar-refractivity contribution in [2.45, 2.75) is 49.5 Å². The zero-order valence-electron chi connectivity index (χ0n) is 9.73. The molecule has 0 aromatic heterocycles. The standard InChI is InChI=1S/C10H17O7P/c11-6-3-1-2-4-7(6)18(16,17)8(10(14)15)5-9(12)13/h6-8,11H,1-5H2,(H,12,13)(H,14,15)(H,16,17)/t6-,7-,8-/m1/s1. The van der Waals surface area contributed by atoms with Gasteiger partial charge in [0.15, 0.2) is 0 Å². The van der Waals surface area contributed by atoms with E-state index in [1.165, 1.54) is 0 Å². The number of carboxylic acids is 2. The van der Waals surface area contributed by atoms with E-state index in [9.17, 15) is 24.2 Å². The Morgan fingerprint density at radius 2 is 1.78 bits per heavy atom. The Hall–Kier alpha value is -0.910. The number of aliphatic hydroxyl groups is 1. The van der Waals surface area contributed by atoms with Crippen molar-refractivity contribution >= 4 is 19.3 Å². The highest BCUT2D eigenvalue weighted by atomic mass is 31.2. The number of aliphatic hydroxyl groups excluding tert-OH is 1. The van der Waals surface area contributed by atoms with Crippen LogP contribution in [-0.2, 0) is 14.2 Å². The van der Waals surface area contributed by atoms with Crippen molar-refractivity contribution in [1.29, 1.82) is 0 Å². The van der Waals surface area contributed by atoms with Crippen molar-refractivity contribution in [2.24, 2.45) is 0 Å². The van der Waals surface area contributed by atoms with E-state index in [2.05, 4.69) is 0 Å². The van der Waals surface area contributed by atoms with Crippen molar-refractivity contribution in [3.63, 3.8) is 0 Å². The van der Waals surface area contributed by atoms with Crippen molar-refractivity contribution in [2.75, 3.05) is 0 Å². The molecule has 0 amide bonds. The van der Waals surface area contributed by atoms with E-state index in [1.54, 1.807) is 0 Å². The van der Waals surface area contributed by atoms with E-state index in [1.807, 2.05) is 0 Å². The third-order valence-electron chi connectivity index (χ3n) is 3.27. The highest BCUT2D eigenvalue weighted by molar-refractivity contribution is 7.60. The molecule has 1 rings (SSSR count). The smallest absolute Gasteiger partial charge is 0.316 e. The van der Waals surface area contributed by atoms with Crippen LogP contribution in [0.3, 0.4) is 0 Å². The fraction of sp³-hybridized carbons (Fsp3) is 0.800. The lowest BCUT2D eigenvalue weighted by molar-refractivity contribution is -0.143. The average molecular weight is 280 g/mol. The van der Waals surface area contributed by atoms with E-state index in [0.717, 1.165) is 0 Å². The number of carbonyl (C=O) groups is 2. The molecule has 0 spiro atoms. The molecule has 0 aromatic carbocycles. The Morgan fingerprint density at radius 1 is 1.22 bits per heavy atom. The molecule has 1 fully saturated rings. The lowest BCUT2D eigenvalue weighted by Crippen LogP contribution is -2.36. The average Bonchev–Trinajstić information content (AvgIpc) is 2.25. The van der Waals surface area contributed by atoms with Gasteiger partial charge in [0, 0.05) is 0 Å². The molecule has 0 heterocycles. The van der Waals surface area contributed by atoms with Crippen molar-refractivity contribution < 1.29 is 34.4 Å². The summed E-state index contributed by atoms with van der Waals surface area (Å²) in [5.74, 6) is -3.05. The van der Waals surface area contributed by atoms with E-state index in [0.29, 0.717) is 19.3 Å². The van der Waals surface area contributed by atoms with Gasteiger partial charge >= 0.3 is 11.9 Å². The molecule has 7 nitrogen and oxygen atoms in total. The Kier molecular flexibility index (Phi) is 4.90. The molecule has 104 valence electrons. The second-order valence-corrected chi connectivity index (χ2v) is 7.18. The normalized spacial score (nSPS) is 29.2. The molecule has 1 aliphatic carbocycles. The Labute approximate surface area is 104 Å². The summed E-state index contributed by atoms with van der Waals surface area (Å²) < 4.78 is 12.2. The predicted octanol–water partition coefficient (Wildman–Crippen LogP) is 0.488. The number of hydrogen-bond acceptors (Lipinski definition) is 4. The van der Waals surface area contributed by atoms with Crippen LogP contribution in [0.5, 0.6) is 0 Å². The summed E-state index contributed by atoms with van der Waals surface area (Å²) in [4.78, 5) is 31.5. The molecule has 0 saturated heterocycles. The van der Waals surface area contributed by atoms with Crippen LogP contribution >= 0.6 is 7.37 Å². The maximum Gasteiger partial charge on any atom is 0.316 e. The van der Waals surface area contributed by atoms with Crippen molar-refractivity contribution in [3.05, 3.63) is 0 Å². The Morgan fingerprint density at radius 3 is 2.22 bits per heavy atom. The molecule has 1 unspecified atom stereocenters. The third-order valence-corrected chi connectivity index (χ3v) is 6.12. The third kappa shape index (κ3) is 3.31. The second-order valence-electron chi connectivity index (χ2n) is 4.54. The van der Waals surface area contributed by atoms with Gasteiger partial charge in [0.25, 0.3) is 0 Å². The van der Waals surface area contributed by atoms with Gasteiger partial charge in [-0.2, -0.15) is 0 Å². The maximum atomic E-state index is 12.2. The van der Waals surface area contributed by atoms with Gasteiger partial charge in [-0.1, -0.05) is 12.8 Å². The van der Waals surface area contributed by atoms with Crippen molar-refractivity contribution in [3.8, 4) is 0 Å². The first-order valence-corrected chi connectivity index (χ1v) is 7.51. The quantitative estimate of drug-likeness (QED) is 0.538. The molecule has 1 aliphatic rings. The summed E-state index contributed by atoms with van der Waals surface area (Å²) >= 11 is 0. The molecule has 4 N–H and O–H groups in total. The molecule has 0 aromatic rings. The molecule has 1 saturated carbocycles. The fourth-order valence-electron chi connectivity index (χ4n) is 2.30. The van der Waals surface area contributed by atoms with E-state index >= 15 is 0 Å². The largest absolute Gasteiger partial charge is 0.481 e. The fourth-order valence-corrected chi connectivity index (χ4v) is 4.69. The molecule has 8 heteroatoms. The molecular formula is C10H17O7P. The first-order chi connectivity index (χ1) is 8.26. The highest BCUT2D eigenvalue weighted by Gasteiger charge is 2.47. The molecule has 0 aliphatic heterocycles. The molecule has 0 radical (unpaired) electrons. The van der Waals surface area contributed by atoms with Crippen LogP contribution in [0.2, 0.25) is 0 Å². The van der Waals surface area contributed by atoms with Crippen LogP contribution in [0.1, 0.15) is 32.1 Å². The van der Waals surface area contributed by atoms with Gasteiger partial charge in [0.1, 0.15) is 5.66 Å². The molecular weight excluding hydrogens is 263 g/mol. The SMILES string of the molecule is O=C(O)C[C@H](C(=O)O)P(=O)(O)[C@@H]1CCCC[C@H]1O. The summed E-state index contributed by atoms with van der Waals surface area (Å²) in [5, 5.41) is 27.2. The summed E-state index contributed by atoms with van der Waals surface area (Å²) in [6.45, 7) is 0. The van der Waals surface area contributed by atoms with Gasteiger partial charge in [-0.25, -0.2) is 0 Å². The monoisotopic (exact) mass is 280 g/mol. The number of carboxylic acid groups (broad SMARTS) is 2. The van der Waals surface area contributed by atoms with E-state index < -0.39 is 43.2 Å². The van der Waals surface area contributed by atoms with Gasteiger partial charge in [-0.3, -0.25) is 14.2 Å². The second kappa shape index (κ2) is 5.82. The van der Waals surface area contributed by atoms with Gasteiger partial charge < -0.3 is 20.2 Å². The predicted molar refractivity (Wildman–Crippen MR) is 61.8 cm³/mol. The highest BCUT2D eigenvalue weighted by Crippen LogP contribution is 2.56. The topological polar surface area (TPSA) is 132 Å². The zero-order valence-corrected chi connectivity index (χ0v) is 10.6. The van der Waals surface area contributed by atoms with Crippen LogP contribution in [0.15, 0.2) is 0 Å². The van der Waals surface area contributed by atoms with Gasteiger partial charge in [-0.05, 0) is 12.8 Å². The Balaban J connectivity index is 2.96. The summed E-state index contributed by atoms with van der Waals surface area (Å²) in [6, 6.07) is 0. The first kappa shape index (κ1) is 15.1. The van der Waals surface area contributed by atoms with E-state index in [4.69, 9.17) is 10.2 Å². The minimum absolute atomic E-state index is 0.248. The van der Waals surface area contributed by atoms with Gasteiger partial charge in [0.05, 0.1) is 18.2 Å². The molecule has 0 bridgehead atoms. The first-order valence-electron chi connectivity index (χ1n) is 5.71. The molecule has 18 heavy (non-hydrogen) atoms. The number of aliphatic carboxylic acids is 2. The van der Waals surface area contributed by atoms with Gasteiger partial charge in [-0.15, -0.1) is 0 Å². The number of hydrogen-bond donors (Lipinski definition) is 4. The summed E-state index contributed by atoms with van der Waals surface area (Å²) in [5.41, 5.74) is -2.89. The maximum absolute atomic E-state index is 12.2. The summed E-state index contributed by atoms with van der Waals surface area (Å²) in [6.07, 6.45) is -0.00972. The van der Waals surface area contributed by atoms with Crippen LogP contribution in [0.25, 0.3) is 0 Å². The van der Waals surface area contributed by atoms with Crippen LogP contribution in [0, 0.1) is 0 Å². The number of rotatable bonds is 5. The van der Waals surface area contributed by atoms with E-state index in [-0.39, 0.29) is 6.42 Å². The lowest BCUT2D eigenvalue weighted by Gasteiger charge is -2.33. The molecule has 4 atom stereocenters. The van der Waals surface area contributed by atoms with Crippen molar-refractivity contribution in [1.82, 2.24) is 0 Å². The van der Waals surface area contributed by atoms with Gasteiger partial charge in [0.2, 0.25) is 7.37 Å². The van der Waals surface area contributed by atoms with Crippen LogP contribution in [-0.4, -0.2) is 49.6 Å². The van der Waals surface area contributed by atoms with Crippen LogP contribution < -0.4 is 0 Å². The Bertz CT molecular complexity index is 380. The minimum atomic E-state index is -4.27. The zero-order chi connectivity index (χ0) is 13.9. The summed E-state index contributed by atoms with van der Waals surface area (Å²) in [7, 11) is -4.27. The lowest BCUT2D eigenvalue weighted by atomic mass is 9.97. The minimum Gasteiger partial charge on any atom is -0.481 e. The van der Waals surface area contributed by atoms with Crippen LogP contribution in [0.4, 0.5) is 0 Å².